The van der Waals surface area contributed by atoms with E-state index in [1.54, 1.807) is 23.5 Å². The summed E-state index contributed by atoms with van der Waals surface area (Å²) in [6.45, 7) is 2.45. The van der Waals surface area contributed by atoms with Crippen LogP contribution in [-0.2, 0) is 13.0 Å². The molecule has 0 saturated carbocycles. The summed E-state index contributed by atoms with van der Waals surface area (Å²) in [5, 5.41) is 11.3. The van der Waals surface area contributed by atoms with Crippen molar-refractivity contribution < 1.29 is 9.90 Å². The monoisotopic (exact) mass is 302 g/mol. The fraction of sp³-hybridized carbons (Fsp3) is 0.200. The van der Waals surface area contributed by atoms with Crippen LogP contribution in [0.2, 0.25) is 0 Å². The number of aromatic carboxylic acids is 1. The molecule has 0 aliphatic carbocycles. The van der Waals surface area contributed by atoms with Crippen LogP contribution in [0, 0.1) is 0 Å². The Morgan fingerprint density at radius 3 is 2.90 bits per heavy atom. The first-order valence-electron chi connectivity index (χ1n) is 6.62. The van der Waals surface area contributed by atoms with Crippen molar-refractivity contribution in [2.45, 2.75) is 19.9 Å². The lowest BCUT2D eigenvalue weighted by atomic mass is 10.1. The lowest BCUT2D eigenvalue weighted by molar-refractivity contribution is 0.0698. The van der Waals surface area contributed by atoms with Crippen LogP contribution in [0.4, 0.5) is 0 Å². The first kappa shape index (κ1) is 13.6. The smallest absolute Gasteiger partial charge is 0.337 e. The molecular formula is C15H14N2O3S. The Kier molecular flexibility index (Phi) is 3.39. The molecule has 3 aromatic rings. The van der Waals surface area contributed by atoms with Crippen LogP contribution in [0.1, 0.15) is 27.7 Å². The highest BCUT2D eigenvalue weighted by atomic mass is 32.1. The summed E-state index contributed by atoms with van der Waals surface area (Å²) in [4.78, 5) is 27.3. The van der Waals surface area contributed by atoms with E-state index in [4.69, 9.17) is 0 Å². The molecule has 0 aliphatic heterocycles. The average molecular weight is 302 g/mol. The van der Waals surface area contributed by atoms with Gasteiger partial charge < -0.3 is 10.1 Å². The van der Waals surface area contributed by atoms with Crippen molar-refractivity contribution in [3.63, 3.8) is 0 Å². The fourth-order valence-corrected chi connectivity index (χ4v) is 3.47. The van der Waals surface area contributed by atoms with Gasteiger partial charge in [0.15, 0.2) is 0 Å². The zero-order valence-corrected chi connectivity index (χ0v) is 12.2. The van der Waals surface area contributed by atoms with Gasteiger partial charge in [-0.25, -0.2) is 9.59 Å². The minimum absolute atomic E-state index is 0.139. The summed E-state index contributed by atoms with van der Waals surface area (Å²) in [6, 6.07) is 6.91. The van der Waals surface area contributed by atoms with Crippen molar-refractivity contribution in [3.8, 4) is 0 Å². The lowest BCUT2D eigenvalue weighted by Crippen LogP contribution is -2.18. The Hall–Kier alpha value is -2.34. The van der Waals surface area contributed by atoms with Crippen LogP contribution in [0.25, 0.3) is 11.0 Å². The quantitative estimate of drug-likeness (QED) is 0.778. The van der Waals surface area contributed by atoms with Gasteiger partial charge in [-0.1, -0.05) is 13.0 Å². The summed E-state index contributed by atoms with van der Waals surface area (Å²) in [6.07, 6.45) is 0.891. The van der Waals surface area contributed by atoms with E-state index in [1.165, 1.54) is 16.2 Å². The van der Waals surface area contributed by atoms with Crippen LogP contribution in [0.3, 0.4) is 0 Å². The molecule has 0 fully saturated rings. The van der Waals surface area contributed by atoms with E-state index in [2.05, 4.69) is 11.9 Å². The van der Waals surface area contributed by atoms with E-state index in [-0.39, 0.29) is 11.3 Å². The Morgan fingerprint density at radius 1 is 1.38 bits per heavy atom. The third-order valence-electron chi connectivity index (χ3n) is 3.54. The number of thiophene rings is 1. The molecule has 0 saturated heterocycles. The summed E-state index contributed by atoms with van der Waals surface area (Å²) in [5.41, 5.74) is 2.05. The second-order valence-corrected chi connectivity index (χ2v) is 5.75. The zero-order chi connectivity index (χ0) is 15.0. The number of carboxylic acid groups (broad SMARTS) is 1. The molecule has 6 heteroatoms. The molecule has 0 bridgehead atoms. The molecule has 0 atom stereocenters. The van der Waals surface area contributed by atoms with Crippen LogP contribution in [0.15, 0.2) is 34.4 Å². The Labute approximate surface area is 124 Å². The predicted octanol–water partition coefficient (Wildman–Crippen LogP) is 2.70. The number of hydrogen-bond acceptors (Lipinski definition) is 3. The molecule has 3 rings (SSSR count). The highest BCUT2D eigenvalue weighted by Gasteiger charge is 2.16. The number of hydrogen-bond donors (Lipinski definition) is 2. The van der Waals surface area contributed by atoms with E-state index >= 15 is 0 Å². The number of rotatable bonds is 4. The number of para-hydroxylation sites is 1. The Balaban J connectivity index is 2.20. The molecule has 1 aromatic carbocycles. The van der Waals surface area contributed by atoms with Crippen molar-refractivity contribution >= 4 is 28.3 Å². The number of nitrogens with one attached hydrogen (secondary N) is 1. The first-order chi connectivity index (χ1) is 10.1. The molecular weight excluding hydrogens is 288 g/mol. The first-order valence-corrected chi connectivity index (χ1v) is 7.50. The van der Waals surface area contributed by atoms with Crippen LogP contribution >= 0.6 is 11.3 Å². The van der Waals surface area contributed by atoms with Crippen molar-refractivity contribution in [1.82, 2.24) is 9.55 Å². The normalized spacial score (nSPS) is 11.1. The summed E-state index contributed by atoms with van der Waals surface area (Å²) < 4.78 is 1.50. The number of nitrogens with zero attached hydrogens (tertiary/aromatic N) is 1. The molecule has 2 heterocycles. The minimum Gasteiger partial charge on any atom is -0.478 e. The van der Waals surface area contributed by atoms with Crippen LogP contribution in [0.5, 0.6) is 0 Å². The number of carboxylic acids is 1. The standard InChI is InChI=1S/C15H14N2O3S/c1-2-9-6-7-21-12(9)8-17-13-10(14(18)19)4-3-5-11(13)16-15(17)20/h3-7H,2,8H2,1H3,(H,16,20)(H,18,19). The van der Waals surface area contributed by atoms with Crippen molar-refractivity contribution in [3.05, 3.63) is 56.1 Å². The Bertz CT molecular complexity index is 873. The number of fused-ring (bicyclic) bond motifs is 1. The molecule has 0 spiro atoms. The molecule has 0 unspecified atom stereocenters. The maximum atomic E-state index is 12.2. The second-order valence-electron chi connectivity index (χ2n) is 4.75. The number of benzene rings is 1. The van der Waals surface area contributed by atoms with Gasteiger partial charge in [-0.2, -0.15) is 0 Å². The molecule has 2 N–H and O–H groups in total. The molecule has 0 aliphatic rings. The number of carbonyl (C=O) groups is 1. The molecule has 5 nitrogen and oxygen atoms in total. The SMILES string of the molecule is CCc1ccsc1Cn1c(=O)[nH]c2cccc(C(=O)O)c21. The highest BCUT2D eigenvalue weighted by molar-refractivity contribution is 7.10. The predicted molar refractivity (Wildman–Crippen MR) is 82.3 cm³/mol. The molecule has 2 aromatic heterocycles. The van der Waals surface area contributed by atoms with Gasteiger partial charge in [-0.3, -0.25) is 4.57 Å². The van der Waals surface area contributed by atoms with E-state index in [9.17, 15) is 14.7 Å². The van der Waals surface area contributed by atoms with Crippen molar-refractivity contribution in [1.29, 1.82) is 0 Å². The maximum Gasteiger partial charge on any atom is 0.337 e. The van der Waals surface area contributed by atoms with Gasteiger partial charge in [0, 0.05) is 4.88 Å². The van der Waals surface area contributed by atoms with E-state index in [1.807, 2.05) is 11.4 Å². The van der Waals surface area contributed by atoms with Gasteiger partial charge >= 0.3 is 11.7 Å². The largest absolute Gasteiger partial charge is 0.478 e. The van der Waals surface area contributed by atoms with Crippen LogP contribution < -0.4 is 5.69 Å². The Morgan fingerprint density at radius 2 is 2.19 bits per heavy atom. The van der Waals surface area contributed by atoms with E-state index in [0.29, 0.717) is 17.6 Å². The molecule has 0 radical (unpaired) electrons. The van der Waals surface area contributed by atoms with E-state index < -0.39 is 5.97 Å². The highest BCUT2D eigenvalue weighted by Crippen LogP contribution is 2.22. The number of aromatic amines is 1. The summed E-state index contributed by atoms with van der Waals surface area (Å²) in [7, 11) is 0. The van der Waals surface area contributed by atoms with Crippen molar-refractivity contribution in [2.75, 3.05) is 0 Å². The van der Waals surface area contributed by atoms with E-state index in [0.717, 1.165) is 11.3 Å². The number of imidazole rings is 1. The minimum atomic E-state index is -1.03. The second kappa shape index (κ2) is 5.21. The topological polar surface area (TPSA) is 75.1 Å². The van der Waals surface area contributed by atoms with Gasteiger partial charge in [-0.05, 0) is 35.6 Å². The van der Waals surface area contributed by atoms with Gasteiger partial charge in [0.1, 0.15) is 0 Å². The van der Waals surface area contributed by atoms with Gasteiger partial charge in [-0.15, -0.1) is 11.3 Å². The average Bonchev–Trinajstić information content (AvgIpc) is 3.03. The molecule has 0 amide bonds. The van der Waals surface area contributed by atoms with Crippen molar-refractivity contribution in [2.24, 2.45) is 0 Å². The van der Waals surface area contributed by atoms with Gasteiger partial charge in [0.25, 0.3) is 0 Å². The molecule has 108 valence electrons. The van der Waals surface area contributed by atoms with Crippen LogP contribution in [-0.4, -0.2) is 20.6 Å². The zero-order valence-electron chi connectivity index (χ0n) is 11.4. The lowest BCUT2D eigenvalue weighted by Gasteiger charge is -2.06. The van der Waals surface area contributed by atoms with Gasteiger partial charge in [0.2, 0.25) is 0 Å². The molecule has 21 heavy (non-hydrogen) atoms. The number of aromatic nitrogens is 2. The number of H-pyrrole nitrogens is 1. The third-order valence-corrected chi connectivity index (χ3v) is 4.49. The summed E-state index contributed by atoms with van der Waals surface area (Å²) >= 11 is 1.58. The third kappa shape index (κ3) is 2.27. The fourth-order valence-electron chi connectivity index (χ4n) is 2.51. The summed E-state index contributed by atoms with van der Waals surface area (Å²) in [5.74, 6) is -1.03. The maximum absolute atomic E-state index is 12.2. The number of aryl methyl sites for hydroxylation is 1. The van der Waals surface area contributed by atoms with Gasteiger partial charge in [0.05, 0.1) is 23.1 Å².